The normalized spacial score (nSPS) is 24.0. The summed E-state index contributed by atoms with van der Waals surface area (Å²) in [5, 5.41) is 3.48. The van der Waals surface area contributed by atoms with Gasteiger partial charge in [0.2, 0.25) is 0 Å². The molecule has 1 heterocycles. The zero-order valence-electron chi connectivity index (χ0n) is 12.5. The molecule has 2 nitrogen and oxygen atoms in total. The van der Waals surface area contributed by atoms with Crippen molar-refractivity contribution in [1.29, 1.82) is 0 Å². The summed E-state index contributed by atoms with van der Waals surface area (Å²) in [5.41, 5.74) is 0. The zero-order chi connectivity index (χ0) is 12.8. The molecule has 106 valence electrons. The van der Waals surface area contributed by atoms with Crippen LogP contribution in [0.5, 0.6) is 0 Å². The molecule has 2 rings (SSSR count). The van der Waals surface area contributed by atoms with Gasteiger partial charge in [0.25, 0.3) is 0 Å². The molecule has 2 fully saturated rings. The Kier molecular flexibility index (Phi) is 5.97. The molecule has 1 saturated heterocycles. The molecular weight excluding hydrogens is 220 g/mol. The van der Waals surface area contributed by atoms with Crippen LogP contribution in [0.3, 0.4) is 0 Å². The molecule has 0 bridgehead atoms. The average molecular weight is 252 g/mol. The largest absolute Gasteiger partial charge is 0.317 e. The fourth-order valence-corrected chi connectivity index (χ4v) is 3.59. The molecule has 0 unspecified atom stereocenters. The van der Waals surface area contributed by atoms with Gasteiger partial charge in [-0.05, 0) is 64.5 Å². The van der Waals surface area contributed by atoms with E-state index in [0.717, 1.165) is 17.9 Å². The number of piperidine rings is 1. The molecule has 1 aliphatic carbocycles. The minimum Gasteiger partial charge on any atom is -0.317 e. The van der Waals surface area contributed by atoms with E-state index >= 15 is 0 Å². The quantitative estimate of drug-likeness (QED) is 0.808. The van der Waals surface area contributed by atoms with E-state index in [-0.39, 0.29) is 0 Å². The average Bonchev–Trinajstić information content (AvgIpc) is 2.40. The lowest BCUT2D eigenvalue weighted by molar-refractivity contribution is 0.132. The van der Waals surface area contributed by atoms with Gasteiger partial charge in [-0.3, -0.25) is 0 Å². The highest BCUT2D eigenvalue weighted by Crippen LogP contribution is 2.26. The standard InChI is InChI=1S/C16H32N2/c1-14(2)18(12-15-6-4-3-5-7-15)13-16-8-10-17-11-9-16/h14-17H,3-13H2,1-2H3. The van der Waals surface area contributed by atoms with E-state index in [2.05, 4.69) is 24.1 Å². The van der Waals surface area contributed by atoms with Crippen LogP contribution in [-0.4, -0.2) is 37.1 Å². The number of hydrogen-bond acceptors (Lipinski definition) is 2. The number of nitrogens with one attached hydrogen (secondary N) is 1. The summed E-state index contributed by atoms with van der Waals surface area (Å²) in [6.45, 7) is 9.94. The summed E-state index contributed by atoms with van der Waals surface area (Å²) >= 11 is 0. The summed E-state index contributed by atoms with van der Waals surface area (Å²) in [6, 6.07) is 0.724. The molecule has 2 heteroatoms. The maximum absolute atomic E-state index is 3.48. The van der Waals surface area contributed by atoms with E-state index in [1.54, 1.807) is 0 Å². The second-order valence-corrected chi connectivity index (χ2v) is 6.75. The number of nitrogens with zero attached hydrogens (tertiary/aromatic N) is 1. The predicted octanol–water partition coefficient (Wildman–Crippen LogP) is 3.28. The van der Waals surface area contributed by atoms with Crippen molar-refractivity contribution < 1.29 is 0 Å². The van der Waals surface area contributed by atoms with Gasteiger partial charge in [-0.1, -0.05) is 19.3 Å². The molecule has 1 saturated carbocycles. The van der Waals surface area contributed by atoms with Crippen LogP contribution in [0, 0.1) is 11.8 Å². The molecular formula is C16H32N2. The van der Waals surface area contributed by atoms with Crippen LogP contribution >= 0.6 is 0 Å². The van der Waals surface area contributed by atoms with Crippen LogP contribution in [-0.2, 0) is 0 Å². The fraction of sp³-hybridized carbons (Fsp3) is 1.00. The van der Waals surface area contributed by atoms with Crippen molar-refractivity contribution in [2.75, 3.05) is 26.2 Å². The first-order valence-corrected chi connectivity index (χ1v) is 8.20. The van der Waals surface area contributed by atoms with Crippen molar-refractivity contribution in [2.45, 2.75) is 64.8 Å². The van der Waals surface area contributed by atoms with Gasteiger partial charge in [0.05, 0.1) is 0 Å². The Hall–Kier alpha value is -0.0800. The second kappa shape index (κ2) is 7.49. The monoisotopic (exact) mass is 252 g/mol. The Balaban J connectivity index is 1.78. The van der Waals surface area contributed by atoms with Gasteiger partial charge in [-0.15, -0.1) is 0 Å². The van der Waals surface area contributed by atoms with Crippen molar-refractivity contribution in [1.82, 2.24) is 10.2 Å². The van der Waals surface area contributed by atoms with Crippen molar-refractivity contribution in [3.05, 3.63) is 0 Å². The van der Waals surface area contributed by atoms with Gasteiger partial charge < -0.3 is 10.2 Å². The van der Waals surface area contributed by atoms with Gasteiger partial charge in [-0.25, -0.2) is 0 Å². The van der Waals surface area contributed by atoms with Gasteiger partial charge in [-0.2, -0.15) is 0 Å². The highest BCUT2D eigenvalue weighted by Gasteiger charge is 2.22. The molecule has 0 radical (unpaired) electrons. The first-order valence-electron chi connectivity index (χ1n) is 8.20. The first kappa shape index (κ1) is 14.3. The summed E-state index contributed by atoms with van der Waals surface area (Å²) in [7, 11) is 0. The Morgan fingerprint density at radius 3 is 2.00 bits per heavy atom. The lowest BCUT2D eigenvalue weighted by atomic mass is 9.88. The molecule has 18 heavy (non-hydrogen) atoms. The van der Waals surface area contributed by atoms with Crippen LogP contribution in [0.4, 0.5) is 0 Å². The maximum Gasteiger partial charge on any atom is 0.00388 e. The molecule has 0 aromatic heterocycles. The predicted molar refractivity (Wildman–Crippen MR) is 78.9 cm³/mol. The van der Waals surface area contributed by atoms with E-state index in [0.29, 0.717) is 0 Å². The summed E-state index contributed by atoms with van der Waals surface area (Å²) in [5.74, 6) is 1.93. The Morgan fingerprint density at radius 1 is 0.889 bits per heavy atom. The molecule has 0 aromatic carbocycles. The molecule has 1 aliphatic heterocycles. The van der Waals surface area contributed by atoms with Crippen molar-refractivity contribution in [3.8, 4) is 0 Å². The highest BCUT2D eigenvalue weighted by molar-refractivity contribution is 4.77. The Bertz CT molecular complexity index is 195. The molecule has 1 N–H and O–H groups in total. The van der Waals surface area contributed by atoms with Gasteiger partial charge in [0, 0.05) is 19.1 Å². The number of rotatable bonds is 5. The minimum absolute atomic E-state index is 0.724. The molecule has 2 aliphatic rings. The third kappa shape index (κ3) is 4.55. The lowest BCUT2D eigenvalue weighted by Crippen LogP contribution is -2.42. The van der Waals surface area contributed by atoms with E-state index in [1.165, 1.54) is 71.1 Å². The van der Waals surface area contributed by atoms with E-state index < -0.39 is 0 Å². The second-order valence-electron chi connectivity index (χ2n) is 6.75. The SMILES string of the molecule is CC(C)N(CC1CCCCC1)CC1CCNCC1. The van der Waals surface area contributed by atoms with E-state index in [9.17, 15) is 0 Å². The van der Waals surface area contributed by atoms with Crippen LogP contribution < -0.4 is 5.32 Å². The fourth-order valence-electron chi connectivity index (χ4n) is 3.59. The smallest absolute Gasteiger partial charge is 0.00388 e. The van der Waals surface area contributed by atoms with Crippen LogP contribution in [0.15, 0.2) is 0 Å². The van der Waals surface area contributed by atoms with Crippen molar-refractivity contribution >= 4 is 0 Å². The van der Waals surface area contributed by atoms with Crippen molar-refractivity contribution in [3.63, 3.8) is 0 Å². The Morgan fingerprint density at radius 2 is 1.44 bits per heavy atom. The lowest BCUT2D eigenvalue weighted by Gasteiger charge is -2.36. The maximum atomic E-state index is 3.48. The third-order valence-corrected chi connectivity index (χ3v) is 4.90. The molecule has 0 aromatic rings. The zero-order valence-corrected chi connectivity index (χ0v) is 12.5. The highest BCUT2D eigenvalue weighted by atomic mass is 15.1. The summed E-state index contributed by atoms with van der Waals surface area (Å²) < 4.78 is 0. The van der Waals surface area contributed by atoms with Gasteiger partial charge in [0.15, 0.2) is 0 Å². The first-order chi connectivity index (χ1) is 8.75. The third-order valence-electron chi connectivity index (χ3n) is 4.90. The topological polar surface area (TPSA) is 15.3 Å². The molecule has 0 atom stereocenters. The minimum atomic E-state index is 0.724. The Labute approximate surface area is 114 Å². The summed E-state index contributed by atoms with van der Waals surface area (Å²) in [4.78, 5) is 2.77. The molecule has 0 amide bonds. The van der Waals surface area contributed by atoms with E-state index in [4.69, 9.17) is 0 Å². The number of hydrogen-bond donors (Lipinski definition) is 1. The summed E-state index contributed by atoms with van der Waals surface area (Å²) in [6.07, 6.45) is 10.2. The van der Waals surface area contributed by atoms with Crippen LogP contribution in [0.2, 0.25) is 0 Å². The van der Waals surface area contributed by atoms with E-state index in [1.807, 2.05) is 0 Å². The van der Waals surface area contributed by atoms with Gasteiger partial charge in [0.1, 0.15) is 0 Å². The molecule has 0 spiro atoms. The van der Waals surface area contributed by atoms with Gasteiger partial charge >= 0.3 is 0 Å². The van der Waals surface area contributed by atoms with Crippen molar-refractivity contribution in [2.24, 2.45) is 11.8 Å². The van der Waals surface area contributed by atoms with Crippen LogP contribution in [0.1, 0.15) is 58.8 Å². The van der Waals surface area contributed by atoms with Crippen LogP contribution in [0.25, 0.3) is 0 Å².